The molecule has 2 aliphatic rings. The summed E-state index contributed by atoms with van der Waals surface area (Å²) in [5, 5.41) is 9.40. The van der Waals surface area contributed by atoms with Crippen molar-refractivity contribution in [1.29, 1.82) is 0 Å². The number of carbonyl (C=O) groups excluding carboxylic acids is 1. The molecule has 3 aromatic rings. The van der Waals surface area contributed by atoms with Crippen molar-refractivity contribution < 1.29 is 23.8 Å². The van der Waals surface area contributed by atoms with Gasteiger partial charge in [-0.15, -0.1) is 0 Å². The zero-order valence-corrected chi connectivity index (χ0v) is 21.4. The summed E-state index contributed by atoms with van der Waals surface area (Å²) in [7, 11) is 0. The zero-order valence-electron chi connectivity index (χ0n) is 21.4. The summed E-state index contributed by atoms with van der Waals surface area (Å²) in [5.74, 6) is -0.347. The summed E-state index contributed by atoms with van der Waals surface area (Å²) in [5.41, 5.74) is 2.91. The highest BCUT2D eigenvalue weighted by Gasteiger charge is 2.37. The number of ether oxygens (including phenoxy) is 1. The number of piperidine rings is 1. The quantitative estimate of drug-likeness (QED) is 0.410. The van der Waals surface area contributed by atoms with Gasteiger partial charge in [0.05, 0.1) is 18.4 Å². The molecule has 1 atom stereocenters. The van der Waals surface area contributed by atoms with E-state index < -0.39 is 11.6 Å². The Kier molecular flexibility index (Phi) is 6.96. The molecule has 7 heteroatoms. The molecule has 1 aliphatic heterocycles. The molecule has 37 heavy (non-hydrogen) atoms. The molecule has 1 aromatic heterocycles. The molecule has 5 rings (SSSR count). The van der Waals surface area contributed by atoms with Crippen molar-refractivity contribution >= 4 is 17.6 Å². The molecule has 0 spiro atoms. The van der Waals surface area contributed by atoms with Crippen LogP contribution in [0, 0.1) is 5.92 Å². The predicted octanol–water partition coefficient (Wildman–Crippen LogP) is 5.60. The van der Waals surface area contributed by atoms with Gasteiger partial charge in [-0.2, -0.15) is 0 Å². The topological polar surface area (TPSA) is 83.2 Å². The van der Waals surface area contributed by atoms with Gasteiger partial charge in [-0.25, -0.2) is 4.79 Å². The first kappa shape index (κ1) is 24.9. The minimum absolute atomic E-state index is 0.0698. The molecule has 2 heterocycles. The van der Waals surface area contributed by atoms with Gasteiger partial charge in [0, 0.05) is 43.0 Å². The minimum Gasteiger partial charge on any atom is -0.478 e. The Morgan fingerprint density at radius 2 is 1.86 bits per heavy atom. The molecule has 0 bridgehead atoms. The summed E-state index contributed by atoms with van der Waals surface area (Å²) in [6, 6.07) is 18.1. The first-order valence-electron chi connectivity index (χ1n) is 13.0. The van der Waals surface area contributed by atoms with E-state index in [1.54, 1.807) is 18.6 Å². The number of hydrogen-bond donors (Lipinski definition) is 1. The van der Waals surface area contributed by atoms with Crippen molar-refractivity contribution in [2.75, 3.05) is 18.0 Å². The summed E-state index contributed by atoms with van der Waals surface area (Å²) >= 11 is 0. The molecule has 1 N–H and O–H groups in total. The van der Waals surface area contributed by atoms with Crippen molar-refractivity contribution in [3.8, 4) is 16.9 Å². The highest BCUT2D eigenvalue weighted by molar-refractivity contribution is 5.80. The monoisotopic (exact) mass is 502 g/mol. The lowest BCUT2D eigenvalue weighted by Gasteiger charge is -2.36. The summed E-state index contributed by atoms with van der Waals surface area (Å²) < 4.78 is 10.9. The van der Waals surface area contributed by atoms with Gasteiger partial charge < -0.3 is 24.1 Å². The van der Waals surface area contributed by atoms with Gasteiger partial charge in [-0.3, -0.25) is 4.79 Å². The number of furan rings is 1. The van der Waals surface area contributed by atoms with Crippen molar-refractivity contribution in [2.24, 2.45) is 5.92 Å². The standard InChI is InChI=1S/C30H34N2O5/c1-30(2,29(34)35)37-27-7-3-6-26(17-27)31-15-4-5-23(19-31)28(33)32(25-12-13-25)18-21-8-10-22(11-9-21)24-14-16-36-20-24/h3,6-11,14,16-17,20,23,25H,4-5,12-13,15,18-19H2,1-2H3,(H,34,35). The molecule has 1 aliphatic carbocycles. The van der Waals surface area contributed by atoms with E-state index in [0.717, 1.165) is 54.6 Å². The van der Waals surface area contributed by atoms with Crippen LogP contribution < -0.4 is 9.64 Å². The maximum Gasteiger partial charge on any atom is 0.347 e. The number of benzene rings is 2. The second-order valence-electron chi connectivity index (χ2n) is 10.6. The lowest BCUT2D eigenvalue weighted by Crippen LogP contribution is -2.45. The third-order valence-corrected chi connectivity index (χ3v) is 7.27. The van der Waals surface area contributed by atoms with Crippen LogP contribution in [0.5, 0.6) is 5.75 Å². The maximum atomic E-state index is 13.7. The summed E-state index contributed by atoms with van der Waals surface area (Å²) in [6.45, 7) is 5.20. The SMILES string of the molecule is CC(C)(Oc1cccc(N2CCCC(C(=O)N(Cc3ccc(-c4ccoc4)cc3)C3CC3)C2)c1)C(=O)O. The number of amides is 1. The Balaban J connectivity index is 1.26. The van der Waals surface area contributed by atoms with Gasteiger partial charge in [-0.05, 0) is 68.9 Å². The lowest BCUT2D eigenvalue weighted by atomic mass is 9.95. The number of carboxylic acid groups (broad SMARTS) is 1. The fourth-order valence-electron chi connectivity index (χ4n) is 4.93. The summed E-state index contributed by atoms with van der Waals surface area (Å²) in [6.07, 6.45) is 7.34. The molecule has 1 unspecified atom stereocenters. The van der Waals surface area contributed by atoms with E-state index in [1.807, 2.05) is 24.3 Å². The fraction of sp³-hybridized carbons (Fsp3) is 0.400. The second-order valence-corrected chi connectivity index (χ2v) is 10.6. The largest absolute Gasteiger partial charge is 0.478 e. The molecular formula is C30H34N2O5. The number of carbonyl (C=O) groups is 2. The zero-order chi connectivity index (χ0) is 26.0. The van der Waals surface area contributed by atoms with Crippen molar-refractivity contribution in [3.05, 3.63) is 72.7 Å². The van der Waals surface area contributed by atoms with Gasteiger partial charge in [0.1, 0.15) is 5.75 Å². The highest BCUT2D eigenvalue weighted by Crippen LogP contribution is 2.33. The smallest absolute Gasteiger partial charge is 0.347 e. The van der Waals surface area contributed by atoms with Crippen molar-refractivity contribution in [2.45, 2.75) is 57.7 Å². The minimum atomic E-state index is -1.32. The van der Waals surface area contributed by atoms with Crippen LogP contribution in [0.15, 0.2) is 71.5 Å². The normalized spacial score (nSPS) is 17.9. The average molecular weight is 503 g/mol. The Hall–Kier alpha value is -3.74. The van der Waals surface area contributed by atoms with E-state index >= 15 is 0 Å². The molecule has 2 fully saturated rings. The second kappa shape index (κ2) is 10.3. The van der Waals surface area contributed by atoms with E-state index in [2.05, 4.69) is 34.1 Å². The molecule has 0 radical (unpaired) electrons. The first-order chi connectivity index (χ1) is 17.8. The molecule has 1 saturated carbocycles. The van der Waals surface area contributed by atoms with Crippen LogP contribution in [0.4, 0.5) is 5.69 Å². The highest BCUT2D eigenvalue weighted by atomic mass is 16.5. The number of hydrogen-bond acceptors (Lipinski definition) is 5. The molecule has 7 nitrogen and oxygen atoms in total. The number of carboxylic acids is 1. The van der Waals surface area contributed by atoms with Crippen molar-refractivity contribution in [3.63, 3.8) is 0 Å². The average Bonchev–Trinajstić information content (AvgIpc) is 3.59. The number of nitrogens with zero attached hydrogens (tertiary/aromatic N) is 2. The number of rotatable bonds is 9. The summed E-state index contributed by atoms with van der Waals surface area (Å²) in [4.78, 5) is 29.5. The Morgan fingerprint density at radius 3 is 2.54 bits per heavy atom. The van der Waals surface area contributed by atoms with E-state index in [9.17, 15) is 14.7 Å². The van der Waals surface area contributed by atoms with E-state index in [1.165, 1.54) is 13.8 Å². The third kappa shape index (κ3) is 5.82. The maximum absolute atomic E-state index is 13.7. The van der Waals surface area contributed by atoms with Crippen molar-refractivity contribution in [1.82, 2.24) is 4.90 Å². The van der Waals surface area contributed by atoms with E-state index in [0.29, 0.717) is 24.9 Å². The number of anilines is 1. The van der Waals surface area contributed by atoms with E-state index in [4.69, 9.17) is 9.15 Å². The van der Waals surface area contributed by atoms with Gasteiger partial charge >= 0.3 is 5.97 Å². The van der Waals surface area contributed by atoms with Crippen LogP contribution in [0.1, 0.15) is 45.1 Å². The van der Waals surface area contributed by atoms with Crippen LogP contribution in [0.3, 0.4) is 0 Å². The Morgan fingerprint density at radius 1 is 1.08 bits per heavy atom. The van der Waals surface area contributed by atoms with Crippen LogP contribution in [0.25, 0.3) is 11.1 Å². The van der Waals surface area contributed by atoms with Gasteiger partial charge in [0.2, 0.25) is 5.91 Å². The fourth-order valence-corrected chi connectivity index (χ4v) is 4.93. The predicted molar refractivity (Wildman–Crippen MR) is 141 cm³/mol. The van der Waals surface area contributed by atoms with Crippen LogP contribution >= 0.6 is 0 Å². The Labute approximate surface area is 217 Å². The third-order valence-electron chi connectivity index (χ3n) is 7.27. The first-order valence-corrected chi connectivity index (χ1v) is 13.0. The lowest BCUT2D eigenvalue weighted by molar-refractivity contribution is -0.152. The van der Waals surface area contributed by atoms with Gasteiger partial charge in [-0.1, -0.05) is 30.3 Å². The van der Waals surface area contributed by atoms with Gasteiger partial charge in [0.25, 0.3) is 0 Å². The molecule has 1 amide bonds. The van der Waals surface area contributed by atoms with Crippen LogP contribution in [-0.2, 0) is 16.1 Å². The molecule has 194 valence electrons. The molecule has 1 saturated heterocycles. The van der Waals surface area contributed by atoms with Gasteiger partial charge in [0.15, 0.2) is 5.60 Å². The molecular weight excluding hydrogens is 468 g/mol. The Bertz CT molecular complexity index is 1230. The van der Waals surface area contributed by atoms with Crippen LogP contribution in [-0.4, -0.2) is 46.6 Å². The van der Waals surface area contributed by atoms with E-state index in [-0.39, 0.29) is 11.8 Å². The number of aliphatic carboxylic acids is 1. The van der Waals surface area contributed by atoms with Crippen LogP contribution in [0.2, 0.25) is 0 Å². The molecule has 2 aromatic carbocycles.